The Morgan fingerprint density at radius 2 is 1.95 bits per heavy atom. The van der Waals surface area contributed by atoms with E-state index >= 15 is 0 Å². The molecule has 21 heavy (non-hydrogen) atoms. The maximum atomic E-state index is 12.5. The third-order valence-electron chi connectivity index (χ3n) is 5.31. The van der Waals surface area contributed by atoms with Crippen molar-refractivity contribution in [3.05, 3.63) is 29.8 Å². The maximum absolute atomic E-state index is 12.5. The number of rotatable bonds is 2. The summed E-state index contributed by atoms with van der Waals surface area (Å²) in [5, 5.41) is 6.66. The number of para-hydroxylation sites is 1. The Hall–Kier alpha value is -1.51. The fourth-order valence-corrected chi connectivity index (χ4v) is 3.62. The number of fused-ring (bicyclic) bond motifs is 1. The van der Waals surface area contributed by atoms with E-state index in [1.54, 1.807) is 0 Å². The summed E-state index contributed by atoms with van der Waals surface area (Å²) in [4.78, 5) is 12.5. The Kier molecular flexibility index (Phi) is 4.18. The molecule has 4 atom stereocenters. The highest BCUT2D eigenvalue weighted by molar-refractivity contribution is 5.85. The molecule has 0 saturated heterocycles. The first-order valence-electron chi connectivity index (χ1n) is 8.28. The van der Waals surface area contributed by atoms with E-state index in [9.17, 15) is 4.79 Å². The molecule has 1 aromatic rings. The van der Waals surface area contributed by atoms with Crippen LogP contribution >= 0.6 is 0 Å². The molecule has 1 aromatic carbocycles. The fraction of sp³-hybridized carbons (Fsp3) is 0.611. The van der Waals surface area contributed by atoms with Crippen LogP contribution in [0.3, 0.4) is 0 Å². The van der Waals surface area contributed by atoms with Gasteiger partial charge >= 0.3 is 0 Å². The van der Waals surface area contributed by atoms with E-state index in [1.807, 2.05) is 6.07 Å². The molecule has 0 bridgehead atoms. The average Bonchev–Trinajstić information content (AvgIpc) is 2.50. The molecular formula is C18H26N2O. The molecule has 3 heteroatoms. The predicted molar refractivity (Wildman–Crippen MR) is 86.3 cm³/mol. The van der Waals surface area contributed by atoms with Gasteiger partial charge in [-0.05, 0) is 55.6 Å². The lowest BCUT2D eigenvalue weighted by Crippen LogP contribution is -2.47. The third-order valence-corrected chi connectivity index (χ3v) is 5.31. The quantitative estimate of drug-likeness (QED) is 0.875. The lowest BCUT2D eigenvalue weighted by molar-refractivity contribution is -0.123. The second kappa shape index (κ2) is 6.08. The second-order valence-electron chi connectivity index (χ2n) is 6.87. The Balaban J connectivity index is 1.57. The number of anilines is 1. The maximum Gasteiger partial charge on any atom is 0.242 e. The van der Waals surface area contributed by atoms with Gasteiger partial charge < -0.3 is 10.6 Å². The van der Waals surface area contributed by atoms with Crippen molar-refractivity contribution in [1.82, 2.24) is 5.32 Å². The van der Waals surface area contributed by atoms with Gasteiger partial charge in [-0.1, -0.05) is 32.0 Å². The number of carbonyl (C=O) groups excluding carboxylic acids is 1. The predicted octanol–water partition coefficient (Wildman–Crippen LogP) is 3.35. The summed E-state index contributed by atoms with van der Waals surface area (Å²) in [6.07, 6.45) is 5.35. The van der Waals surface area contributed by atoms with Crippen molar-refractivity contribution in [3.63, 3.8) is 0 Å². The number of nitrogens with one attached hydrogen (secondary N) is 2. The molecule has 1 saturated carbocycles. The summed E-state index contributed by atoms with van der Waals surface area (Å²) < 4.78 is 0. The Bertz CT molecular complexity index is 514. The Morgan fingerprint density at radius 1 is 1.14 bits per heavy atom. The smallest absolute Gasteiger partial charge is 0.242 e. The minimum Gasteiger partial charge on any atom is -0.373 e. The van der Waals surface area contributed by atoms with Crippen LogP contribution in [0, 0.1) is 11.8 Å². The topological polar surface area (TPSA) is 41.1 Å². The van der Waals surface area contributed by atoms with Crippen molar-refractivity contribution < 1.29 is 4.79 Å². The van der Waals surface area contributed by atoms with Gasteiger partial charge in [-0.2, -0.15) is 0 Å². The van der Waals surface area contributed by atoms with Gasteiger partial charge in [0.1, 0.15) is 6.04 Å². The largest absolute Gasteiger partial charge is 0.373 e. The van der Waals surface area contributed by atoms with Crippen LogP contribution in [0.4, 0.5) is 5.69 Å². The number of amides is 1. The van der Waals surface area contributed by atoms with Crippen LogP contribution in [0.25, 0.3) is 0 Å². The molecule has 1 aliphatic carbocycles. The number of carbonyl (C=O) groups is 1. The third kappa shape index (κ3) is 3.22. The van der Waals surface area contributed by atoms with Crippen molar-refractivity contribution in [2.24, 2.45) is 11.8 Å². The molecule has 0 spiro atoms. The van der Waals surface area contributed by atoms with Crippen molar-refractivity contribution in [2.45, 2.75) is 58.0 Å². The lowest BCUT2D eigenvalue weighted by Gasteiger charge is -2.34. The van der Waals surface area contributed by atoms with Gasteiger partial charge in [-0.15, -0.1) is 0 Å². The van der Waals surface area contributed by atoms with Gasteiger partial charge in [-0.3, -0.25) is 4.79 Å². The van der Waals surface area contributed by atoms with E-state index in [1.165, 1.54) is 12.0 Å². The number of hydrogen-bond acceptors (Lipinski definition) is 2. The van der Waals surface area contributed by atoms with Gasteiger partial charge in [0, 0.05) is 11.7 Å². The monoisotopic (exact) mass is 286 g/mol. The van der Waals surface area contributed by atoms with Crippen LogP contribution in [-0.2, 0) is 11.2 Å². The first-order chi connectivity index (χ1) is 10.1. The molecule has 1 amide bonds. The first-order valence-corrected chi connectivity index (χ1v) is 8.28. The normalized spacial score (nSPS) is 31.9. The summed E-state index contributed by atoms with van der Waals surface area (Å²) in [5.74, 6) is 1.68. The Morgan fingerprint density at radius 3 is 2.76 bits per heavy atom. The van der Waals surface area contributed by atoms with Crippen molar-refractivity contribution in [3.8, 4) is 0 Å². The molecule has 0 radical (unpaired) electrons. The zero-order chi connectivity index (χ0) is 14.8. The van der Waals surface area contributed by atoms with E-state index in [-0.39, 0.29) is 11.9 Å². The second-order valence-corrected chi connectivity index (χ2v) is 6.87. The molecule has 3 nitrogen and oxygen atoms in total. The number of benzene rings is 1. The van der Waals surface area contributed by atoms with E-state index in [2.05, 4.69) is 42.7 Å². The van der Waals surface area contributed by atoms with Crippen LogP contribution in [0.15, 0.2) is 24.3 Å². The molecule has 1 fully saturated rings. The Labute approximate surface area is 127 Å². The molecular weight excluding hydrogens is 260 g/mol. The van der Waals surface area contributed by atoms with E-state index in [4.69, 9.17) is 0 Å². The summed E-state index contributed by atoms with van der Waals surface area (Å²) >= 11 is 0. The van der Waals surface area contributed by atoms with Crippen molar-refractivity contribution in [1.29, 1.82) is 0 Å². The molecule has 4 unspecified atom stereocenters. The van der Waals surface area contributed by atoms with Crippen molar-refractivity contribution in [2.75, 3.05) is 5.32 Å². The van der Waals surface area contributed by atoms with E-state index in [0.717, 1.165) is 37.3 Å². The molecule has 1 heterocycles. The highest BCUT2D eigenvalue weighted by Gasteiger charge is 2.29. The van der Waals surface area contributed by atoms with Gasteiger partial charge in [-0.25, -0.2) is 0 Å². The minimum atomic E-state index is -0.0745. The fourth-order valence-electron chi connectivity index (χ4n) is 3.62. The van der Waals surface area contributed by atoms with Gasteiger partial charge in [0.25, 0.3) is 0 Å². The SMILES string of the molecule is CC1CCC(NC(=O)C2CCc3ccccc3N2)CC1C. The summed E-state index contributed by atoms with van der Waals surface area (Å²) in [7, 11) is 0. The number of hydrogen-bond donors (Lipinski definition) is 2. The molecule has 3 rings (SSSR count). The molecule has 114 valence electrons. The summed E-state index contributed by atoms with van der Waals surface area (Å²) in [5.41, 5.74) is 2.44. The zero-order valence-corrected chi connectivity index (χ0v) is 13.1. The van der Waals surface area contributed by atoms with Gasteiger partial charge in [0.05, 0.1) is 0 Å². The van der Waals surface area contributed by atoms with Crippen LogP contribution < -0.4 is 10.6 Å². The van der Waals surface area contributed by atoms with Gasteiger partial charge in [0.2, 0.25) is 5.91 Å². The van der Waals surface area contributed by atoms with Crippen LogP contribution in [-0.4, -0.2) is 18.0 Å². The van der Waals surface area contributed by atoms with E-state index < -0.39 is 0 Å². The van der Waals surface area contributed by atoms with E-state index in [0.29, 0.717) is 12.0 Å². The highest BCUT2D eigenvalue weighted by atomic mass is 16.2. The molecule has 1 aliphatic heterocycles. The standard InChI is InChI=1S/C18H26N2O/c1-12-7-9-15(11-13(12)2)19-18(21)17-10-8-14-5-3-4-6-16(14)20-17/h3-6,12-13,15,17,20H,7-11H2,1-2H3,(H,19,21). The average molecular weight is 286 g/mol. The van der Waals surface area contributed by atoms with Crippen molar-refractivity contribution >= 4 is 11.6 Å². The van der Waals surface area contributed by atoms with Gasteiger partial charge in [0.15, 0.2) is 0 Å². The molecule has 0 aromatic heterocycles. The van der Waals surface area contributed by atoms with Crippen LogP contribution in [0.1, 0.15) is 45.1 Å². The first kappa shape index (κ1) is 14.4. The minimum absolute atomic E-state index is 0.0745. The lowest BCUT2D eigenvalue weighted by atomic mass is 9.79. The summed E-state index contributed by atoms with van der Waals surface area (Å²) in [6.45, 7) is 4.63. The van der Waals surface area contributed by atoms with Crippen LogP contribution in [0.5, 0.6) is 0 Å². The van der Waals surface area contributed by atoms with Crippen LogP contribution in [0.2, 0.25) is 0 Å². The zero-order valence-electron chi connectivity index (χ0n) is 13.1. The highest BCUT2D eigenvalue weighted by Crippen LogP contribution is 2.30. The molecule has 2 aliphatic rings. The number of aryl methyl sites for hydroxylation is 1. The molecule has 2 N–H and O–H groups in total. The summed E-state index contributed by atoms with van der Waals surface area (Å²) in [6, 6.07) is 8.58.